The molecule has 5 heteroatoms. The van der Waals surface area contributed by atoms with E-state index in [0.29, 0.717) is 0 Å². The molecule has 0 radical (unpaired) electrons. The fourth-order valence-corrected chi connectivity index (χ4v) is 0.411. The molecule has 0 heterocycles. The largest absolute Gasteiger partial charge is 0.480 e. The summed E-state index contributed by atoms with van der Waals surface area (Å²) in [6.07, 6.45) is 0. The van der Waals surface area contributed by atoms with Crippen LogP contribution in [0.1, 0.15) is 41.5 Å². The van der Waals surface area contributed by atoms with Crippen molar-refractivity contribution in [3.63, 3.8) is 0 Å². The zero-order valence-corrected chi connectivity index (χ0v) is 11.8. The number of carboxylic acid groups (broad SMARTS) is 1. The lowest BCUT2D eigenvalue weighted by molar-refractivity contribution is -0.141. The van der Waals surface area contributed by atoms with E-state index in [-0.39, 0.29) is 17.1 Å². The minimum Gasteiger partial charge on any atom is -0.480 e. The van der Waals surface area contributed by atoms with Gasteiger partial charge in [0.1, 0.15) is 6.04 Å². The lowest BCUT2D eigenvalue weighted by Gasteiger charge is -2.20. The molecule has 3 N–H and O–H groups in total. The van der Waals surface area contributed by atoms with E-state index >= 15 is 0 Å². The van der Waals surface area contributed by atoms with E-state index in [0.717, 1.165) is 0 Å². The fourth-order valence-electron chi connectivity index (χ4n) is 0.411. The van der Waals surface area contributed by atoms with Gasteiger partial charge >= 0.3 is 5.97 Å². The van der Waals surface area contributed by atoms with Crippen LogP contribution in [0, 0.1) is 0 Å². The van der Waals surface area contributed by atoms with Gasteiger partial charge in [0, 0.05) is 4.87 Å². The molecule has 0 amide bonds. The molecule has 0 spiro atoms. The van der Waals surface area contributed by atoms with Gasteiger partial charge in [-0.3, -0.25) is 4.79 Å². The zero-order chi connectivity index (χ0) is 13.6. The summed E-state index contributed by atoms with van der Waals surface area (Å²) in [5.41, 5.74) is 4.87. The second kappa shape index (κ2) is 7.09. The molecular weight excluding hydrogens is 230 g/mol. The van der Waals surface area contributed by atoms with E-state index < -0.39 is 12.0 Å². The Kier molecular flexibility index (Phi) is 8.00. The predicted molar refractivity (Wildman–Crippen MR) is 66.9 cm³/mol. The van der Waals surface area contributed by atoms with Crippen molar-refractivity contribution in [1.29, 1.82) is 0 Å². The Morgan fingerprint density at radius 2 is 1.62 bits per heavy atom. The van der Waals surface area contributed by atoms with Crippen molar-refractivity contribution >= 4 is 17.6 Å². The maximum Gasteiger partial charge on any atom is 0.322 e. The van der Waals surface area contributed by atoms with E-state index in [1.807, 2.05) is 41.5 Å². The highest BCUT2D eigenvalue weighted by molar-refractivity contribution is 6.23. The van der Waals surface area contributed by atoms with Gasteiger partial charge in [0.25, 0.3) is 0 Å². The molecule has 0 rings (SSSR count). The van der Waals surface area contributed by atoms with E-state index in [9.17, 15) is 4.79 Å². The van der Waals surface area contributed by atoms with Crippen LogP contribution in [0.4, 0.5) is 0 Å². The molecule has 0 saturated heterocycles. The average molecular weight is 254 g/mol. The van der Waals surface area contributed by atoms with E-state index in [4.69, 9.17) is 27.2 Å². The molecule has 0 bridgehead atoms. The van der Waals surface area contributed by atoms with Crippen molar-refractivity contribution in [2.45, 2.75) is 58.1 Å². The molecule has 16 heavy (non-hydrogen) atoms. The molecule has 0 unspecified atom stereocenters. The van der Waals surface area contributed by atoms with E-state index in [1.165, 1.54) is 0 Å². The normalized spacial score (nSPS) is 13.8. The number of carboxylic acids is 1. The van der Waals surface area contributed by atoms with Crippen LogP contribution in [0.25, 0.3) is 0 Å². The summed E-state index contributed by atoms with van der Waals surface area (Å²) in [4.78, 5) is 10.2. The monoisotopic (exact) mass is 253 g/mol. The number of carbonyl (C=O) groups is 1. The van der Waals surface area contributed by atoms with Gasteiger partial charge in [-0.1, -0.05) is 0 Å². The van der Waals surface area contributed by atoms with Crippen LogP contribution in [-0.4, -0.2) is 34.2 Å². The summed E-state index contributed by atoms with van der Waals surface area (Å²) < 4.78 is 5.15. The van der Waals surface area contributed by atoms with Crippen LogP contribution in [-0.2, 0) is 9.53 Å². The third-order valence-electron chi connectivity index (χ3n) is 1.01. The van der Waals surface area contributed by atoms with E-state index in [2.05, 4.69) is 0 Å². The second-order valence-electron chi connectivity index (χ2n) is 5.44. The molecule has 0 aliphatic rings. The highest BCUT2D eigenvalue weighted by Gasteiger charge is 2.16. The first-order chi connectivity index (χ1) is 6.83. The summed E-state index contributed by atoms with van der Waals surface area (Å²) in [5, 5.41) is 8.37. The standard InChI is InChI=1S/C7H15NO3.C4H9Cl/c1-7(2,3)11-4-5(8)6(9)10;1-4(2,3)5/h5H,4,8H2,1-3H3,(H,9,10);1-3H3/t5-;/m1./s1. The quantitative estimate of drug-likeness (QED) is 0.757. The third kappa shape index (κ3) is 23.5. The number of halogens is 1. The van der Waals surface area contributed by atoms with Crippen molar-refractivity contribution in [3.05, 3.63) is 0 Å². The SMILES string of the molecule is CC(C)(C)Cl.CC(C)(C)OC[C@@H](N)C(=O)O. The van der Waals surface area contributed by atoms with Crippen molar-refractivity contribution in [2.75, 3.05) is 6.61 Å². The highest BCUT2D eigenvalue weighted by atomic mass is 35.5. The Bertz CT molecular complexity index is 200. The van der Waals surface area contributed by atoms with Crippen LogP contribution in [0.2, 0.25) is 0 Å². The lowest BCUT2D eigenvalue weighted by atomic mass is 10.2. The molecule has 1 atom stereocenters. The minimum absolute atomic E-state index is 0.0278. The fraction of sp³-hybridized carbons (Fsp3) is 0.909. The van der Waals surface area contributed by atoms with Gasteiger partial charge in [-0.15, -0.1) is 11.6 Å². The minimum atomic E-state index is -1.03. The van der Waals surface area contributed by atoms with Gasteiger partial charge < -0.3 is 15.6 Å². The summed E-state index contributed by atoms with van der Waals surface area (Å²) in [6, 6.07) is -0.922. The van der Waals surface area contributed by atoms with Gasteiger partial charge in [-0.05, 0) is 41.5 Å². The molecule has 0 aliphatic carbocycles. The van der Waals surface area contributed by atoms with Crippen LogP contribution >= 0.6 is 11.6 Å². The lowest BCUT2D eigenvalue weighted by Crippen LogP contribution is -2.37. The van der Waals surface area contributed by atoms with Gasteiger partial charge in [0.2, 0.25) is 0 Å². The van der Waals surface area contributed by atoms with Crippen LogP contribution in [0.5, 0.6) is 0 Å². The van der Waals surface area contributed by atoms with Gasteiger partial charge in [-0.2, -0.15) is 0 Å². The Morgan fingerprint density at radius 3 is 1.81 bits per heavy atom. The van der Waals surface area contributed by atoms with Crippen molar-refractivity contribution < 1.29 is 14.6 Å². The molecule has 0 fully saturated rings. The van der Waals surface area contributed by atoms with Gasteiger partial charge in [0.15, 0.2) is 0 Å². The van der Waals surface area contributed by atoms with Crippen molar-refractivity contribution in [3.8, 4) is 0 Å². The Hall–Kier alpha value is -0.320. The second-order valence-corrected chi connectivity index (χ2v) is 6.57. The highest BCUT2D eigenvalue weighted by Crippen LogP contribution is 2.08. The number of hydrogen-bond donors (Lipinski definition) is 2. The number of rotatable bonds is 3. The molecule has 0 aromatic heterocycles. The Morgan fingerprint density at radius 1 is 1.31 bits per heavy atom. The first-order valence-electron chi connectivity index (χ1n) is 5.14. The summed E-state index contributed by atoms with van der Waals surface area (Å²) in [5.74, 6) is -1.03. The number of alkyl halides is 1. The smallest absolute Gasteiger partial charge is 0.322 e. The van der Waals surface area contributed by atoms with Gasteiger partial charge in [0.05, 0.1) is 12.2 Å². The van der Waals surface area contributed by atoms with Gasteiger partial charge in [-0.25, -0.2) is 0 Å². The van der Waals surface area contributed by atoms with E-state index in [1.54, 1.807) is 0 Å². The number of nitrogens with two attached hydrogens (primary N) is 1. The molecule has 0 aromatic carbocycles. The van der Waals surface area contributed by atoms with Crippen LogP contribution < -0.4 is 5.73 Å². The summed E-state index contributed by atoms with van der Waals surface area (Å²) in [6.45, 7) is 11.5. The molecule has 0 saturated carbocycles. The number of hydrogen-bond acceptors (Lipinski definition) is 3. The summed E-state index contributed by atoms with van der Waals surface area (Å²) >= 11 is 5.53. The third-order valence-corrected chi connectivity index (χ3v) is 1.01. The average Bonchev–Trinajstić information content (AvgIpc) is 1.95. The van der Waals surface area contributed by atoms with Crippen LogP contribution in [0.3, 0.4) is 0 Å². The number of ether oxygens (including phenoxy) is 1. The van der Waals surface area contributed by atoms with Crippen molar-refractivity contribution in [2.24, 2.45) is 5.73 Å². The van der Waals surface area contributed by atoms with Crippen molar-refractivity contribution in [1.82, 2.24) is 0 Å². The maximum absolute atomic E-state index is 10.2. The Labute approximate surface area is 103 Å². The topological polar surface area (TPSA) is 72.5 Å². The molecular formula is C11H24ClNO3. The number of aliphatic carboxylic acids is 1. The maximum atomic E-state index is 10.2. The first-order valence-corrected chi connectivity index (χ1v) is 5.52. The zero-order valence-electron chi connectivity index (χ0n) is 11.0. The van der Waals surface area contributed by atoms with Crippen LogP contribution in [0.15, 0.2) is 0 Å². The molecule has 0 aromatic rings. The summed E-state index contributed by atoms with van der Waals surface area (Å²) in [7, 11) is 0. The Balaban J connectivity index is 0. The predicted octanol–water partition coefficient (Wildman–Crippen LogP) is 2.24. The first kappa shape index (κ1) is 18.1. The molecule has 98 valence electrons. The molecule has 0 aliphatic heterocycles. The molecule has 4 nitrogen and oxygen atoms in total.